The van der Waals surface area contributed by atoms with E-state index in [9.17, 15) is 0 Å². The number of nitrogens with zero attached hydrogens (tertiary/aromatic N) is 2. The fraction of sp³-hybridized carbons (Fsp3) is 0.231. The molecule has 0 saturated heterocycles. The zero-order chi connectivity index (χ0) is 13.4. The topological polar surface area (TPSA) is 61.0 Å². The van der Waals surface area contributed by atoms with E-state index < -0.39 is 0 Å². The Bertz CT molecular complexity index is 648. The smallest absolute Gasteiger partial charge is 0.161 e. The summed E-state index contributed by atoms with van der Waals surface area (Å²) >= 11 is 5.29. The quantitative estimate of drug-likeness (QED) is 0.911. The van der Waals surface area contributed by atoms with Crippen LogP contribution in [-0.4, -0.2) is 17.1 Å². The Labute approximate surface area is 123 Å². The van der Waals surface area contributed by atoms with Crippen LogP contribution in [0.2, 0.25) is 0 Å². The number of halogens is 1. The monoisotopic (exact) mass is 337 g/mol. The molecule has 0 bridgehead atoms. The van der Waals surface area contributed by atoms with Gasteiger partial charge in [-0.25, -0.2) is 9.97 Å². The largest absolute Gasteiger partial charge is 0.496 e. The number of fused-ring (bicyclic) bond motifs is 1. The van der Waals surface area contributed by atoms with Gasteiger partial charge in [0, 0.05) is 22.6 Å². The van der Waals surface area contributed by atoms with Crippen molar-refractivity contribution >= 4 is 33.5 Å². The summed E-state index contributed by atoms with van der Waals surface area (Å²) in [7, 11) is 1.64. The first-order valence-corrected chi connectivity index (χ1v) is 7.70. The van der Waals surface area contributed by atoms with E-state index >= 15 is 0 Å². The van der Waals surface area contributed by atoms with Crippen molar-refractivity contribution < 1.29 is 4.74 Å². The minimum atomic E-state index is 0.594. The fourth-order valence-electron chi connectivity index (χ4n) is 2.01. The third-order valence-electron chi connectivity index (χ3n) is 3.02. The molecule has 3 rings (SSSR count). The number of methoxy groups -OCH3 is 1. The molecule has 0 amide bonds. The summed E-state index contributed by atoms with van der Waals surface area (Å²) in [4.78, 5) is 9.01. The van der Waals surface area contributed by atoms with Crippen LogP contribution < -0.4 is 10.5 Å². The number of benzene rings is 1. The molecular formula is C13H12BrN3OS. The van der Waals surface area contributed by atoms with Gasteiger partial charge in [0.05, 0.1) is 17.3 Å². The first-order chi connectivity index (χ1) is 9.19. The van der Waals surface area contributed by atoms with Gasteiger partial charge in [-0.3, -0.25) is 0 Å². The highest BCUT2D eigenvalue weighted by Crippen LogP contribution is 2.34. The number of aromatic nitrogens is 2. The van der Waals surface area contributed by atoms with Crippen LogP contribution in [0.15, 0.2) is 22.7 Å². The van der Waals surface area contributed by atoms with Gasteiger partial charge in [0.15, 0.2) is 5.82 Å². The van der Waals surface area contributed by atoms with Crippen molar-refractivity contribution in [3.63, 3.8) is 0 Å². The van der Waals surface area contributed by atoms with Crippen molar-refractivity contribution in [2.75, 3.05) is 12.8 Å². The van der Waals surface area contributed by atoms with E-state index in [1.165, 1.54) is 0 Å². The van der Waals surface area contributed by atoms with Crippen molar-refractivity contribution in [3.8, 4) is 17.1 Å². The number of nitrogen functional groups attached to an aromatic ring is 1. The van der Waals surface area contributed by atoms with Crippen molar-refractivity contribution in [1.29, 1.82) is 0 Å². The third kappa shape index (κ3) is 2.30. The molecule has 1 aromatic carbocycles. The second-order valence-corrected chi connectivity index (χ2v) is 6.04. The molecule has 2 heterocycles. The van der Waals surface area contributed by atoms with Gasteiger partial charge in [0.25, 0.3) is 0 Å². The predicted molar refractivity (Wildman–Crippen MR) is 81.1 cm³/mol. The molecule has 2 aromatic rings. The van der Waals surface area contributed by atoms with Gasteiger partial charge in [-0.15, -0.1) is 0 Å². The molecule has 98 valence electrons. The van der Waals surface area contributed by atoms with Crippen molar-refractivity contribution in [2.24, 2.45) is 0 Å². The van der Waals surface area contributed by atoms with E-state index in [4.69, 9.17) is 10.5 Å². The van der Waals surface area contributed by atoms with Crippen molar-refractivity contribution in [3.05, 3.63) is 33.9 Å². The highest BCUT2D eigenvalue weighted by molar-refractivity contribution is 9.10. The maximum Gasteiger partial charge on any atom is 0.161 e. The van der Waals surface area contributed by atoms with Gasteiger partial charge in [-0.2, -0.15) is 11.8 Å². The zero-order valence-corrected chi connectivity index (χ0v) is 12.7. The minimum Gasteiger partial charge on any atom is -0.496 e. The molecule has 0 spiro atoms. The van der Waals surface area contributed by atoms with Crippen LogP contribution >= 0.6 is 27.7 Å². The molecule has 0 unspecified atom stereocenters. The lowest BCUT2D eigenvalue weighted by molar-refractivity contribution is 0.412. The molecule has 0 saturated carbocycles. The van der Waals surface area contributed by atoms with Gasteiger partial charge in [0.1, 0.15) is 11.6 Å². The lowest BCUT2D eigenvalue weighted by Crippen LogP contribution is -2.02. The van der Waals surface area contributed by atoms with E-state index in [1.807, 2.05) is 30.0 Å². The first-order valence-electron chi connectivity index (χ1n) is 5.76. The van der Waals surface area contributed by atoms with Crippen LogP contribution in [0.25, 0.3) is 11.4 Å². The average Bonchev–Trinajstić information content (AvgIpc) is 2.87. The summed E-state index contributed by atoms with van der Waals surface area (Å²) in [5, 5.41) is 0. The molecule has 4 nitrogen and oxygen atoms in total. The lowest BCUT2D eigenvalue weighted by atomic mass is 10.2. The predicted octanol–water partition coefficient (Wildman–Crippen LogP) is 3.24. The van der Waals surface area contributed by atoms with Gasteiger partial charge in [-0.1, -0.05) is 0 Å². The molecule has 2 N–H and O–H groups in total. The highest BCUT2D eigenvalue weighted by Gasteiger charge is 2.19. The summed E-state index contributed by atoms with van der Waals surface area (Å²) in [6, 6.07) is 5.77. The first kappa shape index (κ1) is 12.7. The summed E-state index contributed by atoms with van der Waals surface area (Å²) in [5.74, 6) is 3.87. The molecule has 0 atom stereocenters. The zero-order valence-electron chi connectivity index (χ0n) is 10.3. The molecule has 1 aliphatic heterocycles. The Kier molecular flexibility index (Phi) is 3.36. The number of thioether (sulfide) groups is 1. The fourth-order valence-corrected chi connectivity index (χ4v) is 3.60. The number of anilines is 1. The van der Waals surface area contributed by atoms with Crippen LogP contribution in [0.3, 0.4) is 0 Å². The molecule has 0 radical (unpaired) electrons. The number of ether oxygens (including phenoxy) is 1. The molecule has 0 aliphatic carbocycles. The minimum absolute atomic E-state index is 0.594. The Morgan fingerprint density at radius 1 is 1.32 bits per heavy atom. The van der Waals surface area contributed by atoms with Crippen LogP contribution in [0.4, 0.5) is 5.82 Å². The SMILES string of the molecule is COc1ccc(-c2nc(N)c3c(n2)CSC3)cc1Br. The molecule has 19 heavy (non-hydrogen) atoms. The van der Waals surface area contributed by atoms with Crippen LogP contribution in [-0.2, 0) is 11.5 Å². The number of rotatable bonds is 2. The maximum absolute atomic E-state index is 6.00. The van der Waals surface area contributed by atoms with Gasteiger partial charge in [0.2, 0.25) is 0 Å². The Morgan fingerprint density at radius 2 is 2.16 bits per heavy atom. The van der Waals surface area contributed by atoms with Crippen LogP contribution in [0.5, 0.6) is 5.75 Å². The number of hydrogen-bond donors (Lipinski definition) is 1. The summed E-state index contributed by atoms with van der Waals surface area (Å²) < 4.78 is 6.10. The number of nitrogens with two attached hydrogens (primary N) is 1. The maximum atomic E-state index is 6.00. The van der Waals surface area contributed by atoms with E-state index in [0.29, 0.717) is 11.6 Å². The van der Waals surface area contributed by atoms with Gasteiger partial charge in [-0.05, 0) is 34.1 Å². The van der Waals surface area contributed by atoms with E-state index in [1.54, 1.807) is 7.11 Å². The summed E-state index contributed by atoms with van der Waals surface area (Å²) in [6.07, 6.45) is 0. The lowest BCUT2D eigenvalue weighted by Gasteiger charge is -2.08. The van der Waals surface area contributed by atoms with Crippen molar-refractivity contribution in [1.82, 2.24) is 9.97 Å². The second kappa shape index (κ2) is 5.02. The molecule has 1 aliphatic rings. The Morgan fingerprint density at radius 3 is 2.89 bits per heavy atom. The van der Waals surface area contributed by atoms with Crippen molar-refractivity contribution in [2.45, 2.75) is 11.5 Å². The van der Waals surface area contributed by atoms with Gasteiger partial charge < -0.3 is 10.5 Å². The second-order valence-electron chi connectivity index (χ2n) is 4.20. The Balaban J connectivity index is 2.07. The summed E-state index contributed by atoms with van der Waals surface area (Å²) in [6.45, 7) is 0. The molecule has 1 aromatic heterocycles. The van der Waals surface area contributed by atoms with Crippen LogP contribution in [0, 0.1) is 0 Å². The third-order valence-corrected chi connectivity index (χ3v) is 4.61. The van der Waals surface area contributed by atoms with E-state index in [-0.39, 0.29) is 0 Å². The summed E-state index contributed by atoms with van der Waals surface area (Å²) in [5.41, 5.74) is 9.07. The Hall–Kier alpha value is -1.27. The average molecular weight is 338 g/mol. The highest BCUT2D eigenvalue weighted by atomic mass is 79.9. The standard InChI is InChI=1S/C13H12BrN3OS/c1-18-11-3-2-7(4-9(11)14)13-16-10-6-19-5-8(10)12(15)17-13/h2-4H,5-6H2,1H3,(H2,15,16,17). The normalized spacial score (nSPS) is 13.4. The number of hydrogen-bond acceptors (Lipinski definition) is 5. The van der Waals surface area contributed by atoms with Crippen LogP contribution in [0.1, 0.15) is 11.3 Å². The van der Waals surface area contributed by atoms with Gasteiger partial charge >= 0.3 is 0 Å². The molecular weight excluding hydrogens is 326 g/mol. The van der Waals surface area contributed by atoms with E-state index in [0.717, 1.165) is 38.5 Å². The molecule has 6 heteroatoms. The van der Waals surface area contributed by atoms with E-state index in [2.05, 4.69) is 25.9 Å². The molecule has 0 fully saturated rings.